The van der Waals surface area contributed by atoms with Crippen LogP contribution in [-0.4, -0.2) is 21.4 Å². The smallest absolute Gasteiger partial charge is 0.266 e. The predicted octanol–water partition coefficient (Wildman–Crippen LogP) is 4.55. The van der Waals surface area contributed by atoms with Crippen molar-refractivity contribution in [3.63, 3.8) is 0 Å². The molecule has 2 aromatic heterocycles. The molecule has 0 bridgehead atoms. The van der Waals surface area contributed by atoms with Crippen molar-refractivity contribution in [3.05, 3.63) is 47.0 Å². The molecule has 0 saturated carbocycles. The van der Waals surface area contributed by atoms with Gasteiger partial charge in [0.1, 0.15) is 4.83 Å². The fourth-order valence-electron chi connectivity index (χ4n) is 2.70. The Morgan fingerprint density at radius 3 is 2.68 bits per heavy atom. The summed E-state index contributed by atoms with van der Waals surface area (Å²) in [6.07, 6.45) is 0.826. The summed E-state index contributed by atoms with van der Waals surface area (Å²) in [6, 6.07) is 11.8. The van der Waals surface area contributed by atoms with Crippen molar-refractivity contribution in [1.29, 1.82) is 0 Å². The quantitative estimate of drug-likeness (QED) is 0.540. The molecule has 6 heteroatoms. The minimum absolute atomic E-state index is 0.174. The zero-order chi connectivity index (χ0) is 18.0. The standard InChI is InChI=1S/C19H22N4OS/c1-5-16(12(2)3)20-21-18(24)17-11-15-13(4)22-23(19(15)25-17)14-9-7-6-8-10-14/h6-12H,5H2,1-4H3,(H,21,24)/b20-16-. The number of aromatic nitrogens is 2. The van der Waals surface area contributed by atoms with Crippen LogP contribution in [0.1, 0.15) is 42.6 Å². The Kier molecular flexibility index (Phi) is 4.99. The highest BCUT2D eigenvalue weighted by Crippen LogP contribution is 2.30. The van der Waals surface area contributed by atoms with E-state index in [2.05, 4.69) is 29.5 Å². The number of para-hydroxylation sites is 1. The Morgan fingerprint density at radius 2 is 2.04 bits per heavy atom. The summed E-state index contributed by atoms with van der Waals surface area (Å²) in [4.78, 5) is 14.1. The molecule has 5 nitrogen and oxygen atoms in total. The van der Waals surface area contributed by atoms with E-state index in [1.807, 2.05) is 54.9 Å². The van der Waals surface area contributed by atoms with Crippen molar-refractivity contribution in [3.8, 4) is 5.69 Å². The van der Waals surface area contributed by atoms with Crippen LogP contribution in [0.3, 0.4) is 0 Å². The van der Waals surface area contributed by atoms with Gasteiger partial charge in [0.2, 0.25) is 0 Å². The number of thiophene rings is 1. The highest BCUT2D eigenvalue weighted by atomic mass is 32.1. The molecule has 0 atom stereocenters. The number of carbonyl (C=O) groups is 1. The molecule has 0 aliphatic heterocycles. The maximum absolute atomic E-state index is 12.5. The summed E-state index contributed by atoms with van der Waals surface area (Å²) in [5, 5.41) is 9.88. The van der Waals surface area contributed by atoms with E-state index >= 15 is 0 Å². The summed E-state index contributed by atoms with van der Waals surface area (Å²) in [6.45, 7) is 8.15. The summed E-state index contributed by atoms with van der Waals surface area (Å²) in [5.41, 5.74) is 5.58. The first kappa shape index (κ1) is 17.4. The zero-order valence-electron chi connectivity index (χ0n) is 14.9. The van der Waals surface area contributed by atoms with E-state index in [9.17, 15) is 4.79 Å². The van der Waals surface area contributed by atoms with Gasteiger partial charge in [-0.1, -0.05) is 39.0 Å². The van der Waals surface area contributed by atoms with E-state index < -0.39 is 0 Å². The van der Waals surface area contributed by atoms with Crippen LogP contribution < -0.4 is 5.43 Å². The maximum atomic E-state index is 12.5. The third-order valence-electron chi connectivity index (χ3n) is 4.10. The maximum Gasteiger partial charge on any atom is 0.281 e. The monoisotopic (exact) mass is 354 g/mol. The number of hydrogen-bond donors (Lipinski definition) is 1. The van der Waals surface area contributed by atoms with Gasteiger partial charge in [-0.05, 0) is 37.5 Å². The number of amides is 1. The van der Waals surface area contributed by atoms with Crippen molar-refractivity contribution in [1.82, 2.24) is 15.2 Å². The molecule has 0 unspecified atom stereocenters. The first-order chi connectivity index (χ1) is 12.0. The molecule has 0 aliphatic carbocycles. The lowest BCUT2D eigenvalue weighted by Gasteiger charge is -2.07. The van der Waals surface area contributed by atoms with Gasteiger partial charge in [0.15, 0.2) is 0 Å². The van der Waals surface area contributed by atoms with Crippen molar-refractivity contribution < 1.29 is 4.79 Å². The SMILES string of the molecule is CC/C(=N/NC(=O)c1cc2c(C)nn(-c3ccccc3)c2s1)C(C)C. The molecule has 130 valence electrons. The lowest BCUT2D eigenvalue weighted by molar-refractivity contribution is 0.0958. The molecule has 0 fully saturated rings. The van der Waals surface area contributed by atoms with E-state index in [4.69, 9.17) is 0 Å². The predicted molar refractivity (Wildman–Crippen MR) is 104 cm³/mol. The van der Waals surface area contributed by atoms with Crippen molar-refractivity contribution in [2.24, 2.45) is 11.0 Å². The fraction of sp³-hybridized carbons (Fsp3) is 0.316. The molecule has 1 aromatic carbocycles. The molecular weight excluding hydrogens is 332 g/mol. The summed E-state index contributed by atoms with van der Waals surface area (Å²) in [5.74, 6) is 0.147. The molecular formula is C19H22N4OS. The Bertz CT molecular complexity index is 922. The van der Waals surface area contributed by atoms with Crippen LogP contribution in [0.25, 0.3) is 15.9 Å². The second-order valence-corrected chi connectivity index (χ2v) is 7.25. The van der Waals surface area contributed by atoms with Gasteiger partial charge < -0.3 is 0 Å². The lowest BCUT2D eigenvalue weighted by atomic mass is 10.1. The second kappa shape index (κ2) is 7.19. The largest absolute Gasteiger partial charge is 0.281 e. The summed E-state index contributed by atoms with van der Waals surface area (Å²) >= 11 is 1.43. The molecule has 3 rings (SSSR count). The van der Waals surface area contributed by atoms with Gasteiger partial charge >= 0.3 is 0 Å². The van der Waals surface area contributed by atoms with Gasteiger partial charge in [-0.2, -0.15) is 10.2 Å². The van der Waals surface area contributed by atoms with E-state index in [-0.39, 0.29) is 5.91 Å². The fourth-order valence-corrected chi connectivity index (χ4v) is 3.77. The highest BCUT2D eigenvalue weighted by Gasteiger charge is 2.17. The highest BCUT2D eigenvalue weighted by molar-refractivity contribution is 7.20. The van der Waals surface area contributed by atoms with E-state index in [1.165, 1.54) is 11.3 Å². The van der Waals surface area contributed by atoms with E-state index in [0.717, 1.165) is 33.7 Å². The Morgan fingerprint density at radius 1 is 1.32 bits per heavy atom. The second-order valence-electron chi connectivity index (χ2n) is 6.21. The molecule has 2 heterocycles. The molecule has 1 amide bonds. The first-order valence-electron chi connectivity index (χ1n) is 8.42. The minimum atomic E-state index is -0.174. The number of hydrogen-bond acceptors (Lipinski definition) is 4. The lowest BCUT2D eigenvalue weighted by Crippen LogP contribution is -2.20. The molecule has 0 saturated heterocycles. The van der Waals surface area contributed by atoms with Gasteiger partial charge in [-0.15, -0.1) is 11.3 Å². The van der Waals surface area contributed by atoms with E-state index in [1.54, 1.807) is 0 Å². The molecule has 1 N–H and O–H groups in total. The minimum Gasteiger partial charge on any atom is -0.266 e. The van der Waals surface area contributed by atoms with Crippen LogP contribution in [0.15, 0.2) is 41.5 Å². The van der Waals surface area contributed by atoms with Gasteiger partial charge in [0, 0.05) is 11.1 Å². The number of nitrogens with zero attached hydrogens (tertiary/aromatic N) is 3. The average molecular weight is 354 g/mol. The summed E-state index contributed by atoms with van der Waals surface area (Å²) in [7, 11) is 0. The normalized spacial score (nSPS) is 12.1. The van der Waals surface area contributed by atoms with Crippen LogP contribution in [-0.2, 0) is 0 Å². The Hall–Kier alpha value is -2.47. The number of nitrogens with one attached hydrogen (secondary N) is 1. The van der Waals surface area contributed by atoms with Crippen molar-refractivity contribution in [2.45, 2.75) is 34.1 Å². The van der Waals surface area contributed by atoms with Crippen LogP contribution in [0.5, 0.6) is 0 Å². The number of hydrazone groups is 1. The number of carbonyl (C=O) groups excluding carboxylic acids is 1. The molecule has 0 spiro atoms. The van der Waals surface area contributed by atoms with Crippen molar-refractivity contribution >= 4 is 33.2 Å². The Labute approximate surface area is 151 Å². The number of benzene rings is 1. The average Bonchev–Trinajstić information content (AvgIpc) is 3.17. The number of fused-ring (bicyclic) bond motifs is 1. The topological polar surface area (TPSA) is 59.3 Å². The number of rotatable bonds is 5. The Balaban J connectivity index is 1.93. The van der Waals surface area contributed by atoms with Gasteiger partial charge in [-0.25, -0.2) is 10.1 Å². The van der Waals surface area contributed by atoms with Gasteiger partial charge in [0.05, 0.1) is 16.3 Å². The first-order valence-corrected chi connectivity index (χ1v) is 9.24. The van der Waals surface area contributed by atoms with Crippen molar-refractivity contribution in [2.75, 3.05) is 0 Å². The van der Waals surface area contributed by atoms with E-state index in [0.29, 0.717) is 10.8 Å². The van der Waals surface area contributed by atoms with Crippen LogP contribution in [0, 0.1) is 12.8 Å². The zero-order valence-corrected chi connectivity index (χ0v) is 15.7. The molecule has 25 heavy (non-hydrogen) atoms. The van der Waals surface area contributed by atoms with Gasteiger partial charge in [-0.3, -0.25) is 4.79 Å². The molecule has 3 aromatic rings. The third-order valence-corrected chi connectivity index (χ3v) is 5.21. The summed E-state index contributed by atoms with van der Waals surface area (Å²) < 4.78 is 1.89. The molecule has 0 radical (unpaired) electrons. The van der Waals surface area contributed by atoms with Crippen LogP contribution in [0.4, 0.5) is 0 Å². The molecule has 0 aliphatic rings. The van der Waals surface area contributed by atoms with Gasteiger partial charge in [0.25, 0.3) is 5.91 Å². The third kappa shape index (κ3) is 3.49. The number of aryl methyl sites for hydroxylation is 1. The van der Waals surface area contributed by atoms with Crippen LogP contribution >= 0.6 is 11.3 Å². The van der Waals surface area contributed by atoms with Crippen LogP contribution in [0.2, 0.25) is 0 Å².